The fourth-order valence-corrected chi connectivity index (χ4v) is 1.65. The molecule has 0 aliphatic carbocycles. The zero-order valence-corrected chi connectivity index (χ0v) is 12.3. The molecule has 0 aliphatic heterocycles. The number of rotatable bonds is 6. The predicted octanol–water partition coefficient (Wildman–Crippen LogP) is 2.23. The SMILES string of the molecule is CC(C)(CO)CNc1ccnc(Nc2cccc(N)c2)n1. The Kier molecular flexibility index (Phi) is 4.59. The van der Waals surface area contributed by atoms with E-state index < -0.39 is 0 Å². The minimum absolute atomic E-state index is 0.111. The Bertz CT molecular complexity index is 600. The molecule has 0 spiro atoms. The number of nitrogen functional groups attached to an aromatic ring is 1. The van der Waals surface area contributed by atoms with Crippen molar-refractivity contribution in [2.24, 2.45) is 5.41 Å². The largest absolute Gasteiger partial charge is 0.399 e. The quantitative estimate of drug-likeness (QED) is 0.608. The number of aliphatic hydroxyl groups excluding tert-OH is 1. The van der Waals surface area contributed by atoms with Gasteiger partial charge in [-0.25, -0.2) is 4.98 Å². The summed E-state index contributed by atoms with van der Waals surface area (Å²) in [6.45, 7) is 4.69. The Morgan fingerprint density at radius 3 is 2.81 bits per heavy atom. The van der Waals surface area contributed by atoms with Gasteiger partial charge in [0.15, 0.2) is 0 Å². The first kappa shape index (κ1) is 15.1. The summed E-state index contributed by atoms with van der Waals surface area (Å²) in [5.41, 5.74) is 7.05. The summed E-state index contributed by atoms with van der Waals surface area (Å²) in [6.07, 6.45) is 1.68. The van der Waals surface area contributed by atoms with Gasteiger partial charge in [-0.1, -0.05) is 19.9 Å². The van der Waals surface area contributed by atoms with Crippen LogP contribution in [0.4, 0.5) is 23.1 Å². The van der Waals surface area contributed by atoms with E-state index in [1.54, 1.807) is 12.3 Å². The van der Waals surface area contributed by atoms with Gasteiger partial charge < -0.3 is 21.5 Å². The van der Waals surface area contributed by atoms with Gasteiger partial charge in [0.2, 0.25) is 5.95 Å². The molecule has 6 nitrogen and oxygen atoms in total. The summed E-state index contributed by atoms with van der Waals surface area (Å²) in [7, 11) is 0. The molecule has 1 aromatic heterocycles. The maximum Gasteiger partial charge on any atom is 0.229 e. The van der Waals surface area contributed by atoms with Crippen LogP contribution in [0.1, 0.15) is 13.8 Å². The van der Waals surface area contributed by atoms with Crippen LogP contribution in [0.3, 0.4) is 0 Å². The van der Waals surface area contributed by atoms with Gasteiger partial charge in [0.1, 0.15) is 5.82 Å². The normalized spacial score (nSPS) is 11.2. The van der Waals surface area contributed by atoms with Crippen LogP contribution in [0.2, 0.25) is 0 Å². The van der Waals surface area contributed by atoms with Crippen molar-refractivity contribution in [1.29, 1.82) is 0 Å². The van der Waals surface area contributed by atoms with Crippen molar-refractivity contribution in [2.45, 2.75) is 13.8 Å². The van der Waals surface area contributed by atoms with Gasteiger partial charge in [-0.05, 0) is 24.3 Å². The van der Waals surface area contributed by atoms with Gasteiger partial charge in [-0.2, -0.15) is 4.98 Å². The van der Waals surface area contributed by atoms with Crippen molar-refractivity contribution < 1.29 is 5.11 Å². The van der Waals surface area contributed by atoms with Crippen LogP contribution in [-0.2, 0) is 0 Å². The fraction of sp³-hybridized carbons (Fsp3) is 0.333. The van der Waals surface area contributed by atoms with Crippen LogP contribution in [-0.4, -0.2) is 28.2 Å². The summed E-state index contributed by atoms with van der Waals surface area (Å²) in [5, 5.41) is 15.6. The average molecular weight is 287 g/mol. The number of aromatic nitrogens is 2. The number of benzene rings is 1. The maximum absolute atomic E-state index is 9.25. The number of hydrogen-bond acceptors (Lipinski definition) is 6. The lowest BCUT2D eigenvalue weighted by Gasteiger charge is -2.22. The second-order valence-corrected chi connectivity index (χ2v) is 5.69. The first-order valence-electron chi connectivity index (χ1n) is 6.79. The second-order valence-electron chi connectivity index (χ2n) is 5.69. The summed E-state index contributed by atoms with van der Waals surface area (Å²) in [6, 6.07) is 9.19. The zero-order valence-electron chi connectivity index (χ0n) is 12.3. The predicted molar refractivity (Wildman–Crippen MR) is 85.5 cm³/mol. The van der Waals surface area contributed by atoms with Crippen LogP contribution in [0.15, 0.2) is 36.5 Å². The second kappa shape index (κ2) is 6.41. The van der Waals surface area contributed by atoms with E-state index in [4.69, 9.17) is 5.73 Å². The van der Waals surface area contributed by atoms with Gasteiger partial charge in [-0.3, -0.25) is 0 Å². The Morgan fingerprint density at radius 1 is 1.29 bits per heavy atom. The van der Waals surface area contributed by atoms with E-state index in [9.17, 15) is 5.11 Å². The molecule has 0 atom stereocenters. The summed E-state index contributed by atoms with van der Waals surface area (Å²) in [5.74, 6) is 1.20. The van der Waals surface area contributed by atoms with Crippen molar-refractivity contribution >= 4 is 23.1 Å². The van der Waals surface area contributed by atoms with E-state index in [0.717, 1.165) is 5.69 Å². The molecule has 0 unspecified atom stereocenters. The Labute approximate surface area is 124 Å². The molecule has 0 amide bonds. The number of nitrogens with one attached hydrogen (secondary N) is 2. The average Bonchev–Trinajstić information content (AvgIpc) is 2.46. The molecule has 5 N–H and O–H groups in total. The smallest absolute Gasteiger partial charge is 0.229 e. The highest BCUT2D eigenvalue weighted by Gasteiger charge is 2.16. The van der Waals surface area contributed by atoms with Gasteiger partial charge in [0, 0.05) is 36.1 Å². The van der Waals surface area contributed by atoms with Gasteiger partial charge in [0.25, 0.3) is 0 Å². The molecule has 0 saturated heterocycles. The fourth-order valence-electron chi connectivity index (χ4n) is 1.65. The van der Waals surface area contributed by atoms with Crippen LogP contribution in [0.25, 0.3) is 0 Å². The van der Waals surface area contributed by atoms with Crippen LogP contribution in [0.5, 0.6) is 0 Å². The zero-order chi connectivity index (χ0) is 15.3. The Hall–Kier alpha value is -2.34. The van der Waals surface area contributed by atoms with Crippen LogP contribution in [0, 0.1) is 5.41 Å². The number of anilines is 4. The highest BCUT2D eigenvalue weighted by molar-refractivity contribution is 5.60. The van der Waals surface area contributed by atoms with E-state index >= 15 is 0 Å². The highest BCUT2D eigenvalue weighted by Crippen LogP contribution is 2.18. The molecule has 6 heteroatoms. The van der Waals surface area contributed by atoms with Crippen molar-refractivity contribution in [2.75, 3.05) is 29.5 Å². The molecule has 2 rings (SSSR count). The Morgan fingerprint density at radius 2 is 2.10 bits per heavy atom. The van der Waals surface area contributed by atoms with Gasteiger partial charge in [-0.15, -0.1) is 0 Å². The summed E-state index contributed by atoms with van der Waals surface area (Å²) < 4.78 is 0. The third-order valence-electron chi connectivity index (χ3n) is 2.97. The lowest BCUT2D eigenvalue weighted by Crippen LogP contribution is -2.27. The molecule has 0 bridgehead atoms. The number of nitrogens with two attached hydrogens (primary N) is 1. The van der Waals surface area contributed by atoms with Crippen molar-refractivity contribution in [3.63, 3.8) is 0 Å². The number of hydrogen-bond donors (Lipinski definition) is 4. The molecule has 0 saturated carbocycles. The van der Waals surface area contributed by atoms with Gasteiger partial charge in [0.05, 0.1) is 0 Å². The van der Waals surface area contributed by atoms with E-state index in [-0.39, 0.29) is 12.0 Å². The lowest BCUT2D eigenvalue weighted by molar-refractivity contribution is 0.170. The van der Waals surface area contributed by atoms with Crippen molar-refractivity contribution in [3.05, 3.63) is 36.5 Å². The molecular formula is C15H21N5O. The molecule has 2 aromatic rings. The minimum atomic E-state index is -0.202. The third-order valence-corrected chi connectivity index (χ3v) is 2.97. The maximum atomic E-state index is 9.25. The molecule has 112 valence electrons. The molecule has 1 heterocycles. The van der Waals surface area contributed by atoms with Crippen LogP contribution >= 0.6 is 0 Å². The van der Waals surface area contributed by atoms with Crippen molar-refractivity contribution in [3.8, 4) is 0 Å². The molecule has 21 heavy (non-hydrogen) atoms. The Balaban J connectivity index is 2.04. The number of nitrogens with zero attached hydrogens (tertiary/aromatic N) is 2. The standard InChI is InChI=1S/C15H21N5O/c1-15(2,10-21)9-18-13-6-7-17-14(20-13)19-12-5-3-4-11(16)8-12/h3-8,21H,9-10,16H2,1-2H3,(H2,17,18,19,20). The highest BCUT2D eigenvalue weighted by atomic mass is 16.3. The topological polar surface area (TPSA) is 96.1 Å². The van der Waals surface area contributed by atoms with Crippen molar-refractivity contribution in [1.82, 2.24) is 9.97 Å². The third kappa shape index (κ3) is 4.61. The van der Waals surface area contributed by atoms with E-state index in [0.29, 0.717) is 24.0 Å². The van der Waals surface area contributed by atoms with E-state index in [2.05, 4.69) is 20.6 Å². The minimum Gasteiger partial charge on any atom is -0.399 e. The molecule has 1 aromatic carbocycles. The van der Waals surface area contributed by atoms with E-state index in [1.165, 1.54) is 0 Å². The first-order chi connectivity index (χ1) is 9.98. The monoisotopic (exact) mass is 287 g/mol. The van der Waals surface area contributed by atoms with Gasteiger partial charge >= 0.3 is 0 Å². The molecule has 0 aliphatic rings. The molecule has 0 radical (unpaired) electrons. The lowest BCUT2D eigenvalue weighted by atomic mass is 9.95. The number of aliphatic hydroxyl groups is 1. The first-order valence-corrected chi connectivity index (χ1v) is 6.79. The van der Waals surface area contributed by atoms with E-state index in [1.807, 2.05) is 38.1 Å². The summed E-state index contributed by atoms with van der Waals surface area (Å²) >= 11 is 0. The summed E-state index contributed by atoms with van der Waals surface area (Å²) in [4.78, 5) is 8.56. The molecule has 0 fully saturated rings. The van der Waals surface area contributed by atoms with Crippen LogP contribution < -0.4 is 16.4 Å². The molecular weight excluding hydrogens is 266 g/mol.